The number of carbonyl (C=O) groups excluding carboxylic acids is 2. The Morgan fingerprint density at radius 2 is 2.05 bits per heavy atom. The van der Waals surface area contributed by atoms with Crippen LogP contribution in [0.3, 0.4) is 0 Å². The molecule has 0 fully saturated rings. The van der Waals surface area contributed by atoms with Crippen LogP contribution < -0.4 is 15.0 Å². The second-order valence-corrected chi connectivity index (χ2v) is 4.80. The molecule has 1 N–H and O–H groups in total. The monoisotopic (exact) mass is 300 g/mol. The quantitative estimate of drug-likeness (QED) is 0.926. The van der Waals surface area contributed by atoms with E-state index in [9.17, 15) is 14.0 Å². The zero-order chi connectivity index (χ0) is 15.7. The van der Waals surface area contributed by atoms with Crippen LogP contribution in [-0.2, 0) is 4.79 Å². The summed E-state index contributed by atoms with van der Waals surface area (Å²) in [6.07, 6.45) is 0. The first-order valence-electron chi connectivity index (χ1n) is 6.64. The third kappa shape index (κ3) is 2.39. The Morgan fingerprint density at radius 3 is 2.77 bits per heavy atom. The van der Waals surface area contributed by atoms with E-state index in [0.29, 0.717) is 17.1 Å². The van der Waals surface area contributed by atoms with Gasteiger partial charge < -0.3 is 10.1 Å². The highest BCUT2D eigenvalue weighted by atomic mass is 19.1. The van der Waals surface area contributed by atoms with Crippen molar-refractivity contribution >= 4 is 23.2 Å². The fourth-order valence-corrected chi connectivity index (χ4v) is 2.36. The second kappa shape index (κ2) is 5.48. The maximum atomic E-state index is 14.1. The number of carbonyl (C=O) groups is 2. The topological polar surface area (TPSA) is 58.6 Å². The summed E-state index contributed by atoms with van der Waals surface area (Å²) in [7, 11) is 1.42. The standard InChI is InChI=1S/C16H13FN2O3/c1-22-10-6-7-11(12(17)8-10)16(21)19-9-15(20)18-13-4-2-3-5-14(13)19/h2-8H,9H2,1H3,(H,18,20). The zero-order valence-corrected chi connectivity index (χ0v) is 11.8. The highest BCUT2D eigenvalue weighted by molar-refractivity contribution is 6.15. The Hall–Kier alpha value is -2.89. The van der Waals surface area contributed by atoms with Gasteiger partial charge >= 0.3 is 0 Å². The SMILES string of the molecule is COc1ccc(C(=O)N2CC(=O)Nc3ccccc32)c(F)c1. The summed E-state index contributed by atoms with van der Waals surface area (Å²) in [4.78, 5) is 25.6. The van der Waals surface area contributed by atoms with Gasteiger partial charge in [-0.15, -0.1) is 0 Å². The summed E-state index contributed by atoms with van der Waals surface area (Å²) in [5, 5.41) is 2.68. The average molecular weight is 300 g/mol. The van der Waals surface area contributed by atoms with E-state index in [4.69, 9.17) is 4.74 Å². The van der Waals surface area contributed by atoms with Gasteiger partial charge in [0.25, 0.3) is 5.91 Å². The molecule has 0 aliphatic carbocycles. The molecule has 2 amide bonds. The molecule has 0 atom stereocenters. The molecule has 1 heterocycles. The smallest absolute Gasteiger partial charge is 0.261 e. The van der Waals surface area contributed by atoms with Crippen molar-refractivity contribution < 1.29 is 18.7 Å². The summed E-state index contributed by atoms with van der Waals surface area (Å²) in [5.41, 5.74) is 0.966. The summed E-state index contributed by atoms with van der Waals surface area (Å²) < 4.78 is 19.0. The van der Waals surface area contributed by atoms with Crippen molar-refractivity contribution in [1.29, 1.82) is 0 Å². The fraction of sp³-hybridized carbons (Fsp3) is 0.125. The lowest BCUT2D eigenvalue weighted by Crippen LogP contribution is -2.42. The molecular formula is C16H13FN2O3. The van der Waals surface area contributed by atoms with Gasteiger partial charge in [-0.05, 0) is 24.3 Å². The Labute approximate surface area is 126 Å². The molecule has 2 aromatic carbocycles. The molecule has 0 unspecified atom stereocenters. The van der Waals surface area contributed by atoms with E-state index in [1.165, 1.54) is 24.1 Å². The third-order valence-corrected chi connectivity index (χ3v) is 3.42. The number of para-hydroxylation sites is 2. The van der Waals surface area contributed by atoms with Crippen LogP contribution in [0.5, 0.6) is 5.75 Å². The van der Waals surface area contributed by atoms with E-state index >= 15 is 0 Å². The van der Waals surface area contributed by atoms with Gasteiger partial charge in [-0.1, -0.05) is 12.1 Å². The molecule has 0 radical (unpaired) electrons. The molecular weight excluding hydrogens is 287 g/mol. The summed E-state index contributed by atoms with van der Waals surface area (Å²) in [6, 6.07) is 10.9. The summed E-state index contributed by atoms with van der Waals surface area (Å²) in [6.45, 7) is -0.151. The number of nitrogens with zero attached hydrogens (tertiary/aromatic N) is 1. The van der Waals surface area contributed by atoms with Crippen molar-refractivity contribution in [1.82, 2.24) is 0 Å². The summed E-state index contributed by atoms with van der Waals surface area (Å²) in [5.74, 6) is -1.25. The van der Waals surface area contributed by atoms with Gasteiger partial charge in [0.2, 0.25) is 5.91 Å². The van der Waals surface area contributed by atoms with E-state index in [0.717, 1.165) is 6.07 Å². The van der Waals surface area contributed by atoms with E-state index in [1.807, 2.05) is 0 Å². The molecule has 0 spiro atoms. The van der Waals surface area contributed by atoms with Crippen molar-refractivity contribution in [3.05, 3.63) is 53.8 Å². The van der Waals surface area contributed by atoms with Gasteiger partial charge in [-0.2, -0.15) is 0 Å². The summed E-state index contributed by atoms with van der Waals surface area (Å²) >= 11 is 0. The molecule has 3 rings (SSSR count). The first-order chi connectivity index (χ1) is 10.6. The molecule has 1 aliphatic rings. The van der Waals surface area contributed by atoms with Gasteiger partial charge in [0.15, 0.2) is 0 Å². The molecule has 0 aromatic heterocycles. The molecule has 1 aliphatic heterocycles. The van der Waals surface area contributed by atoms with Gasteiger partial charge in [-0.3, -0.25) is 14.5 Å². The lowest BCUT2D eigenvalue weighted by molar-refractivity contribution is -0.115. The minimum absolute atomic E-state index is 0.106. The van der Waals surface area contributed by atoms with E-state index in [1.54, 1.807) is 24.3 Å². The van der Waals surface area contributed by atoms with Gasteiger partial charge in [0.05, 0.1) is 24.0 Å². The molecule has 0 bridgehead atoms. The van der Waals surface area contributed by atoms with Crippen molar-refractivity contribution in [2.45, 2.75) is 0 Å². The number of fused-ring (bicyclic) bond motifs is 1. The number of ether oxygens (including phenoxy) is 1. The number of hydrogen-bond acceptors (Lipinski definition) is 3. The van der Waals surface area contributed by atoms with Crippen LogP contribution in [-0.4, -0.2) is 25.5 Å². The van der Waals surface area contributed by atoms with Crippen molar-refractivity contribution in [3.8, 4) is 5.75 Å². The molecule has 0 saturated heterocycles. The Bertz CT molecular complexity index is 761. The fourth-order valence-electron chi connectivity index (χ4n) is 2.36. The Morgan fingerprint density at radius 1 is 1.27 bits per heavy atom. The van der Waals surface area contributed by atoms with E-state index in [2.05, 4.69) is 5.32 Å². The number of anilines is 2. The number of hydrogen-bond donors (Lipinski definition) is 1. The number of benzene rings is 2. The van der Waals surface area contributed by atoms with Crippen LogP contribution >= 0.6 is 0 Å². The molecule has 6 heteroatoms. The first-order valence-corrected chi connectivity index (χ1v) is 6.64. The van der Waals surface area contributed by atoms with Crippen LogP contribution in [0.4, 0.5) is 15.8 Å². The maximum Gasteiger partial charge on any atom is 0.261 e. The van der Waals surface area contributed by atoms with Crippen LogP contribution in [0.2, 0.25) is 0 Å². The lowest BCUT2D eigenvalue weighted by Gasteiger charge is -2.29. The third-order valence-electron chi connectivity index (χ3n) is 3.42. The van der Waals surface area contributed by atoms with Crippen LogP contribution in [0, 0.1) is 5.82 Å². The highest BCUT2D eigenvalue weighted by Crippen LogP contribution is 2.30. The molecule has 112 valence electrons. The zero-order valence-electron chi connectivity index (χ0n) is 11.8. The average Bonchev–Trinajstić information content (AvgIpc) is 2.53. The molecule has 2 aromatic rings. The predicted molar refractivity (Wildman–Crippen MR) is 79.7 cm³/mol. The highest BCUT2D eigenvalue weighted by Gasteiger charge is 2.28. The molecule has 5 nitrogen and oxygen atoms in total. The minimum Gasteiger partial charge on any atom is -0.497 e. The maximum absolute atomic E-state index is 14.1. The number of nitrogens with one attached hydrogen (secondary N) is 1. The molecule has 0 saturated carbocycles. The van der Waals surface area contributed by atoms with Gasteiger partial charge in [-0.25, -0.2) is 4.39 Å². The first kappa shape index (κ1) is 14.1. The van der Waals surface area contributed by atoms with Gasteiger partial charge in [0.1, 0.15) is 18.1 Å². The van der Waals surface area contributed by atoms with Crippen LogP contribution in [0.1, 0.15) is 10.4 Å². The number of halogens is 1. The van der Waals surface area contributed by atoms with E-state index in [-0.39, 0.29) is 18.0 Å². The van der Waals surface area contributed by atoms with E-state index < -0.39 is 11.7 Å². The van der Waals surface area contributed by atoms with Crippen molar-refractivity contribution in [2.24, 2.45) is 0 Å². The Balaban J connectivity index is 2.01. The van der Waals surface area contributed by atoms with Crippen molar-refractivity contribution in [2.75, 3.05) is 23.9 Å². The van der Waals surface area contributed by atoms with Crippen molar-refractivity contribution in [3.63, 3.8) is 0 Å². The van der Waals surface area contributed by atoms with Gasteiger partial charge in [0, 0.05) is 6.07 Å². The normalized spacial score (nSPS) is 13.4. The van der Waals surface area contributed by atoms with Crippen LogP contribution in [0.15, 0.2) is 42.5 Å². The minimum atomic E-state index is -0.687. The number of methoxy groups -OCH3 is 1. The Kier molecular flexibility index (Phi) is 3.50. The van der Waals surface area contributed by atoms with Crippen LogP contribution in [0.25, 0.3) is 0 Å². The predicted octanol–water partition coefficient (Wildman–Crippen LogP) is 2.43. The largest absolute Gasteiger partial charge is 0.497 e. The number of amides is 2. The molecule has 22 heavy (non-hydrogen) atoms. The lowest BCUT2D eigenvalue weighted by atomic mass is 10.1. The number of rotatable bonds is 2. The second-order valence-electron chi connectivity index (χ2n) is 4.80.